The van der Waals surface area contributed by atoms with Gasteiger partial charge >= 0.3 is 11.7 Å². The van der Waals surface area contributed by atoms with E-state index in [0.717, 1.165) is 5.52 Å². The lowest BCUT2D eigenvalue weighted by atomic mass is 10.2. The number of benzene rings is 2. The molecule has 8 nitrogen and oxygen atoms in total. The Labute approximate surface area is 149 Å². The maximum atomic E-state index is 12.4. The molecule has 3 N–H and O–H groups in total. The van der Waals surface area contributed by atoms with E-state index in [1.807, 2.05) is 18.2 Å². The zero-order valence-corrected chi connectivity index (χ0v) is 14.4. The average molecular weight is 353 g/mol. The quantitative estimate of drug-likeness (QED) is 0.666. The van der Waals surface area contributed by atoms with Gasteiger partial charge in [-0.2, -0.15) is 0 Å². The molecular weight excluding hydrogens is 334 g/mol. The minimum absolute atomic E-state index is 0.104. The van der Waals surface area contributed by atoms with E-state index in [2.05, 4.69) is 16.0 Å². The topological polar surface area (TPSA) is 97.2 Å². The second-order valence-corrected chi connectivity index (χ2v) is 5.75. The number of urea groups is 1. The first-order valence-electron chi connectivity index (χ1n) is 8.02. The van der Waals surface area contributed by atoms with Gasteiger partial charge in [-0.15, -0.1) is 0 Å². The summed E-state index contributed by atoms with van der Waals surface area (Å²) in [6.07, 6.45) is 0. The molecule has 2 aromatic carbocycles. The van der Waals surface area contributed by atoms with E-state index in [4.69, 9.17) is 0 Å². The van der Waals surface area contributed by atoms with E-state index in [1.165, 1.54) is 16.2 Å². The second kappa shape index (κ2) is 7.14. The van der Waals surface area contributed by atoms with Gasteiger partial charge in [-0.1, -0.05) is 18.2 Å². The summed E-state index contributed by atoms with van der Waals surface area (Å²) in [5.41, 5.74) is 2.28. The molecule has 1 aromatic heterocycles. The fraction of sp³-hybridized carbons (Fsp3) is 0.167. The van der Waals surface area contributed by atoms with Crippen molar-refractivity contribution in [3.8, 4) is 0 Å². The van der Waals surface area contributed by atoms with Crippen molar-refractivity contribution in [2.24, 2.45) is 7.05 Å². The molecule has 26 heavy (non-hydrogen) atoms. The summed E-state index contributed by atoms with van der Waals surface area (Å²) in [5.74, 6) is -0.333. The zero-order chi connectivity index (χ0) is 18.7. The minimum atomic E-state index is -0.351. The molecule has 0 radical (unpaired) electrons. The molecule has 8 heteroatoms. The van der Waals surface area contributed by atoms with Crippen LogP contribution in [0.25, 0.3) is 11.0 Å². The van der Waals surface area contributed by atoms with Gasteiger partial charge < -0.3 is 16.0 Å². The summed E-state index contributed by atoms with van der Waals surface area (Å²) in [5, 5.41) is 7.83. The summed E-state index contributed by atoms with van der Waals surface area (Å²) < 4.78 is 2.94. The predicted octanol–water partition coefficient (Wildman–Crippen LogP) is 1.73. The highest BCUT2D eigenvalue weighted by molar-refractivity contribution is 5.94. The summed E-state index contributed by atoms with van der Waals surface area (Å²) in [6.45, 7) is -0.104. The number of carbonyl (C=O) groups excluding carboxylic acids is 2. The second-order valence-electron chi connectivity index (χ2n) is 5.75. The minimum Gasteiger partial charge on any atom is -0.341 e. The molecule has 0 bridgehead atoms. The van der Waals surface area contributed by atoms with Gasteiger partial charge in [-0.05, 0) is 30.3 Å². The Balaban J connectivity index is 1.78. The fourth-order valence-electron chi connectivity index (χ4n) is 2.73. The van der Waals surface area contributed by atoms with Gasteiger partial charge in [-0.3, -0.25) is 13.9 Å². The van der Waals surface area contributed by atoms with Crippen LogP contribution in [0.2, 0.25) is 0 Å². The Morgan fingerprint density at radius 1 is 0.962 bits per heavy atom. The summed E-state index contributed by atoms with van der Waals surface area (Å²) in [4.78, 5) is 36.1. The third-order valence-electron chi connectivity index (χ3n) is 3.98. The molecule has 1 heterocycles. The molecule has 3 aromatic rings. The summed E-state index contributed by atoms with van der Waals surface area (Å²) in [7, 11) is 3.19. The SMILES string of the molecule is CNC(=O)Nc1cccc(NC(=O)Cn2c(=O)n(C)c3ccccc32)c1. The molecule has 0 saturated carbocycles. The third kappa shape index (κ3) is 3.44. The standard InChI is InChI=1S/C18H19N5O3/c1-19-17(25)21-13-7-5-6-12(10-13)20-16(24)11-23-15-9-4-3-8-14(15)22(2)18(23)26/h3-10H,11H2,1-2H3,(H,20,24)(H2,19,21,25). The number of fused-ring (bicyclic) bond motifs is 1. The van der Waals surface area contributed by atoms with Crippen molar-refractivity contribution >= 4 is 34.3 Å². The molecule has 0 saturated heterocycles. The Morgan fingerprint density at radius 3 is 2.31 bits per heavy atom. The number of amides is 3. The molecule has 0 fully saturated rings. The first-order chi connectivity index (χ1) is 12.5. The van der Waals surface area contributed by atoms with Crippen LogP contribution in [0, 0.1) is 0 Å². The van der Waals surface area contributed by atoms with Crippen molar-refractivity contribution in [2.75, 3.05) is 17.7 Å². The number of anilines is 2. The van der Waals surface area contributed by atoms with Crippen LogP contribution >= 0.6 is 0 Å². The predicted molar refractivity (Wildman–Crippen MR) is 100 cm³/mol. The van der Waals surface area contributed by atoms with Gasteiger partial charge in [0.1, 0.15) is 6.54 Å². The Hall–Kier alpha value is -3.55. The monoisotopic (exact) mass is 353 g/mol. The first-order valence-corrected chi connectivity index (χ1v) is 8.02. The van der Waals surface area contributed by atoms with Gasteiger partial charge in [0, 0.05) is 25.5 Å². The van der Waals surface area contributed by atoms with Crippen LogP contribution in [0.4, 0.5) is 16.2 Å². The van der Waals surface area contributed by atoms with Crippen molar-refractivity contribution in [2.45, 2.75) is 6.54 Å². The van der Waals surface area contributed by atoms with Crippen molar-refractivity contribution in [3.63, 3.8) is 0 Å². The van der Waals surface area contributed by atoms with Crippen LogP contribution in [0.5, 0.6) is 0 Å². The lowest BCUT2D eigenvalue weighted by Crippen LogP contribution is -2.28. The summed E-state index contributed by atoms with van der Waals surface area (Å²) in [6, 6.07) is 13.7. The lowest BCUT2D eigenvalue weighted by molar-refractivity contribution is -0.116. The average Bonchev–Trinajstić information content (AvgIpc) is 2.87. The van der Waals surface area contributed by atoms with Crippen LogP contribution in [0.15, 0.2) is 53.3 Å². The highest BCUT2D eigenvalue weighted by Gasteiger charge is 2.13. The maximum Gasteiger partial charge on any atom is 0.329 e. The van der Waals surface area contributed by atoms with Crippen molar-refractivity contribution in [3.05, 3.63) is 59.0 Å². The van der Waals surface area contributed by atoms with Gasteiger partial charge in [0.2, 0.25) is 5.91 Å². The number of imidazole rings is 1. The molecule has 134 valence electrons. The molecular formula is C18H19N5O3. The molecule has 0 aliphatic rings. The number of para-hydroxylation sites is 2. The highest BCUT2D eigenvalue weighted by Crippen LogP contribution is 2.16. The lowest BCUT2D eigenvalue weighted by Gasteiger charge is -2.09. The smallest absolute Gasteiger partial charge is 0.329 e. The van der Waals surface area contributed by atoms with Crippen LogP contribution in [-0.2, 0) is 18.4 Å². The number of hydrogen-bond donors (Lipinski definition) is 3. The van der Waals surface area contributed by atoms with Crippen molar-refractivity contribution < 1.29 is 9.59 Å². The Bertz CT molecular complexity index is 1030. The van der Waals surface area contributed by atoms with E-state index in [1.54, 1.807) is 37.4 Å². The van der Waals surface area contributed by atoms with Gasteiger partial charge in [0.05, 0.1) is 11.0 Å². The number of nitrogens with one attached hydrogen (secondary N) is 3. The number of rotatable bonds is 4. The zero-order valence-electron chi connectivity index (χ0n) is 14.4. The molecule has 0 unspecified atom stereocenters. The Kier molecular flexibility index (Phi) is 4.74. The number of aryl methyl sites for hydroxylation is 1. The number of aromatic nitrogens is 2. The Morgan fingerprint density at radius 2 is 1.62 bits per heavy atom. The van der Waals surface area contributed by atoms with E-state index in [9.17, 15) is 14.4 Å². The maximum absolute atomic E-state index is 12.4. The molecule has 0 aliphatic carbocycles. The normalized spacial score (nSPS) is 10.5. The number of nitrogens with zero attached hydrogens (tertiary/aromatic N) is 2. The van der Waals surface area contributed by atoms with E-state index in [-0.39, 0.29) is 24.2 Å². The molecule has 3 amide bonds. The molecule has 0 spiro atoms. The van der Waals surface area contributed by atoms with Gasteiger partial charge in [-0.25, -0.2) is 9.59 Å². The van der Waals surface area contributed by atoms with E-state index in [0.29, 0.717) is 16.9 Å². The van der Waals surface area contributed by atoms with Crippen LogP contribution in [-0.4, -0.2) is 28.1 Å². The van der Waals surface area contributed by atoms with Crippen molar-refractivity contribution in [1.82, 2.24) is 14.5 Å². The third-order valence-corrected chi connectivity index (χ3v) is 3.98. The fourth-order valence-corrected chi connectivity index (χ4v) is 2.73. The van der Waals surface area contributed by atoms with Crippen LogP contribution < -0.4 is 21.6 Å². The number of hydrogen-bond acceptors (Lipinski definition) is 3. The van der Waals surface area contributed by atoms with E-state index < -0.39 is 0 Å². The van der Waals surface area contributed by atoms with Crippen LogP contribution in [0.3, 0.4) is 0 Å². The molecule has 3 rings (SSSR count). The van der Waals surface area contributed by atoms with Crippen LogP contribution in [0.1, 0.15) is 0 Å². The van der Waals surface area contributed by atoms with E-state index >= 15 is 0 Å². The highest BCUT2D eigenvalue weighted by atomic mass is 16.2. The van der Waals surface area contributed by atoms with Crippen molar-refractivity contribution in [1.29, 1.82) is 0 Å². The van der Waals surface area contributed by atoms with Gasteiger partial charge in [0.25, 0.3) is 0 Å². The largest absolute Gasteiger partial charge is 0.341 e. The first kappa shape index (κ1) is 17.3. The summed E-state index contributed by atoms with van der Waals surface area (Å²) >= 11 is 0. The molecule has 0 atom stereocenters. The molecule has 0 aliphatic heterocycles. The number of carbonyl (C=O) groups is 2. The van der Waals surface area contributed by atoms with Gasteiger partial charge in [0.15, 0.2) is 0 Å².